The van der Waals surface area contributed by atoms with Crippen LogP contribution in [0.15, 0.2) is 48.7 Å². The molecule has 2 heterocycles. The van der Waals surface area contributed by atoms with Crippen LogP contribution in [0.5, 0.6) is 0 Å². The number of para-hydroxylation sites is 1. The third-order valence-corrected chi connectivity index (χ3v) is 4.81. The number of hydrogen-bond donors (Lipinski definition) is 2. The van der Waals surface area contributed by atoms with Crippen molar-refractivity contribution in [2.24, 2.45) is 0 Å². The molecule has 3 rings (SSSR count). The zero-order valence-corrected chi connectivity index (χ0v) is 14.7. The lowest BCUT2D eigenvalue weighted by atomic mass is 10.1. The van der Waals surface area contributed by atoms with Gasteiger partial charge in [-0.25, -0.2) is 0 Å². The number of aryl methyl sites for hydroxylation is 1. The number of carbonyl (C=O) groups is 2. The van der Waals surface area contributed by atoms with E-state index in [2.05, 4.69) is 15.6 Å². The van der Waals surface area contributed by atoms with Crippen LogP contribution in [0.4, 0.5) is 0 Å². The van der Waals surface area contributed by atoms with Crippen molar-refractivity contribution < 1.29 is 9.59 Å². The van der Waals surface area contributed by atoms with E-state index >= 15 is 0 Å². The highest BCUT2D eigenvalue weighted by Gasteiger charge is 2.10. The van der Waals surface area contributed by atoms with Crippen LogP contribution in [0.25, 0.3) is 10.9 Å². The summed E-state index contributed by atoms with van der Waals surface area (Å²) >= 11 is 1.41. The van der Waals surface area contributed by atoms with Crippen molar-refractivity contribution in [2.75, 3.05) is 13.1 Å². The summed E-state index contributed by atoms with van der Waals surface area (Å²) in [6, 6.07) is 13.6. The second-order valence-electron chi connectivity index (χ2n) is 5.69. The maximum atomic E-state index is 11.9. The fourth-order valence-corrected chi connectivity index (χ4v) is 3.36. The first-order chi connectivity index (χ1) is 12.1. The maximum Gasteiger partial charge on any atom is 0.261 e. The van der Waals surface area contributed by atoms with Gasteiger partial charge in [-0.15, -0.1) is 11.3 Å². The minimum absolute atomic E-state index is 0.0242. The molecule has 0 unspecified atom stereocenters. The van der Waals surface area contributed by atoms with Gasteiger partial charge in [0.05, 0.1) is 16.9 Å². The highest BCUT2D eigenvalue weighted by atomic mass is 32.1. The van der Waals surface area contributed by atoms with Crippen molar-refractivity contribution in [3.8, 4) is 0 Å². The Morgan fingerprint density at radius 3 is 2.72 bits per heavy atom. The van der Waals surface area contributed by atoms with Crippen molar-refractivity contribution in [1.29, 1.82) is 0 Å². The number of carbonyl (C=O) groups excluding carboxylic acids is 2. The van der Waals surface area contributed by atoms with Gasteiger partial charge in [0, 0.05) is 23.0 Å². The first-order valence-corrected chi connectivity index (χ1v) is 8.89. The van der Waals surface area contributed by atoms with Crippen LogP contribution in [0.3, 0.4) is 0 Å². The van der Waals surface area contributed by atoms with Gasteiger partial charge in [0.15, 0.2) is 0 Å². The largest absolute Gasteiger partial charge is 0.354 e. The Kier molecular flexibility index (Phi) is 5.40. The lowest BCUT2D eigenvalue weighted by molar-refractivity contribution is -0.120. The predicted molar refractivity (Wildman–Crippen MR) is 99.8 cm³/mol. The van der Waals surface area contributed by atoms with Crippen LogP contribution in [0.2, 0.25) is 0 Å². The molecule has 6 heteroatoms. The average Bonchev–Trinajstić information content (AvgIpc) is 3.06. The molecule has 0 fully saturated rings. The van der Waals surface area contributed by atoms with Gasteiger partial charge < -0.3 is 10.6 Å². The van der Waals surface area contributed by atoms with Gasteiger partial charge >= 0.3 is 0 Å². The van der Waals surface area contributed by atoms with Crippen molar-refractivity contribution in [1.82, 2.24) is 15.6 Å². The number of nitrogens with zero attached hydrogens (tertiary/aromatic N) is 1. The quantitative estimate of drug-likeness (QED) is 0.716. The summed E-state index contributed by atoms with van der Waals surface area (Å²) in [6.45, 7) is 2.42. The van der Waals surface area contributed by atoms with Crippen LogP contribution in [-0.4, -0.2) is 29.9 Å². The normalized spacial score (nSPS) is 10.6. The summed E-state index contributed by atoms with van der Waals surface area (Å²) in [5.74, 6) is -0.415. The molecule has 2 N–H and O–H groups in total. The number of nitrogens with one attached hydrogen (secondary N) is 2. The van der Waals surface area contributed by atoms with Gasteiger partial charge in [0.25, 0.3) is 5.91 Å². The molecular weight excluding hydrogens is 334 g/mol. The first-order valence-electron chi connectivity index (χ1n) is 8.07. The Morgan fingerprint density at radius 2 is 1.92 bits per heavy atom. The molecule has 5 nitrogen and oxygen atoms in total. The molecule has 1 aromatic carbocycles. The number of fused-ring (bicyclic) bond motifs is 1. The van der Waals surface area contributed by atoms with Crippen LogP contribution in [-0.2, 0) is 11.2 Å². The Hall–Kier alpha value is -2.73. The zero-order chi connectivity index (χ0) is 17.6. The van der Waals surface area contributed by atoms with Gasteiger partial charge in [-0.2, -0.15) is 0 Å². The van der Waals surface area contributed by atoms with E-state index in [1.807, 2.05) is 43.3 Å². The fraction of sp³-hybridized carbons (Fsp3) is 0.211. The summed E-state index contributed by atoms with van der Waals surface area (Å²) in [7, 11) is 0. The smallest absolute Gasteiger partial charge is 0.261 e. The van der Waals surface area contributed by atoms with E-state index in [1.165, 1.54) is 11.3 Å². The molecule has 0 radical (unpaired) electrons. The van der Waals surface area contributed by atoms with E-state index in [9.17, 15) is 9.59 Å². The van der Waals surface area contributed by atoms with Crippen LogP contribution < -0.4 is 10.6 Å². The minimum atomic E-state index is -0.216. The van der Waals surface area contributed by atoms with E-state index in [-0.39, 0.29) is 18.4 Å². The Bertz CT molecular complexity index is 899. The van der Waals surface area contributed by atoms with E-state index in [0.29, 0.717) is 17.8 Å². The predicted octanol–water partition coefficient (Wildman–Crippen LogP) is 2.69. The summed E-state index contributed by atoms with van der Waals surface area (Å²) in [6.07, 6.45) is 2.46. The van der Waals surface area contributed by atoms with E-state index in [0.717, 1.165) is 21.3 Å². The molecule has 128 valence electrons. The number of rotatable bonds is 6. The second kappa shape index (κ2) is 7.90. The highest BCUT2D eigenvalue weighted by molar-refractivity contribution is 7.13. The van der Waals surface area contributed by atoms with E-state index in [4.69, 9.17) is 0 Å². The highest BCUT2D eigenvalue weighted by Crippen LogP contribution is 2.16. The topological polar surface area (TPSA) is 71.1 Å². The standard InChI is InChI=1S/C19H19N3O2S/c1-13-7-8-16(25-13)19(24)22-12-17(23)20-11-9-15-5-2-4-14-6-3-10-21-18(14)15/h2-8,10H,9,11-12H2,1H3,(H,20,23)(H,22,24). The van der Waals surface area contributed by atoms with E-state index < -0.39 is 0 Å². The van der Waals surface area contributed by atoms with Gasteiger partial charge in [0.2, 0.25) is 5.91 Å². The molecule has 2 aromatic heterocycles. The second-order valence-corrected chi connectivity index (χ2v) is 6.97. The molecule has 0 aliphatic heterocycles. The third kappa shape index (κ3) is 4.42. The third-order valence-electron chi connectivity index (χ3n) is 3.81. The van der Waals surface area contributed by atoms with Crippen LogP contribution in [0.1, 0.15) is 20.1 Å². The molecule has 0 aliphatic rings. The molecule has 3 aromatic rings. The Morgan fingerprint density at radius 1 is 1.08 bits per heavy atom. The lowest BCUT2D eigenvalue weighted by Crippen LogP contribution is -2.37. The molecule has 0 saturated carbocycles. The van der Waals surface area contributed by atoms with Gasteiger partial charge in [0.1, 0.15) is 0 Å². The minimum Gasteiger partial charge on any atom is -0.354 e. The zero-order valence-electron chi connectivity index (χ0n) is 13.9. The van der Waals surface area contributed by atoms with Gasteiger partial charge in [-0.1, -0.05) is 24.3 Å². The first kappa shape index (κ1) is 17.1. The molecule has 0 aliphatic carbocycles. The van der Waals surface area contributed by atoms with Crippen LogP contribution >= 0.6 is 11.3 Å². The number of thiophene rings is 1. The van der Waals surface area contributed by atoms with Crippen molar-refractivity contribution in [3.63, 3.8) is 0 Å². The average molecular weight is 353 g/mol. The van der Waals surface area contributed by atoms with Crippen molar-refractivity contribution in [3.05, 3.63) is 64.0 Å². The summed E-state index contributed by atoms with van der Waals surface area (Å²) in [5.41, 5.74) is 2.05. The number of hydrogen-bond acceptors (Lipinski definition) is 4. The number of aromatic nitrogens is 1. The molecule has 2 amide bonds. The summed E-state index contributed by atoms with van der Waals surface area (Å²) in [5, 5.41) is 6.56. The molecule has 0 bridgehead atoms. The van der Waals surface area contributed by atoms with Crippen molar-refractivity contribution >= 4 is 34.1 Å². The number of amides is 2. The number of pyridine rings is 1. The van der Waals surface area contributed by atoms with Crippen molar-refractivity contribution in [2.45, 2.75) is 13.3 Å². The Balaban J connectivity index is 1.47. The molecule has 0 atom stereocenters. The lowest BCUT2D eigenvalue weighted by Gasteiger charge is -2.08. The fourth-order valence-electron chi connectivity index (χ4n) is 2.57. The SMILES string of the molecule is Cc1ccc(C(=O)NCC(=O)NCCc2cccc3cccnc23)s1. The summed E-state index contributed by atoms with van der Waals surface area (Å²) < 4.78 is 0. The Labute approximate surface area is 150 Å². The number of benzene rings is 1. The maximum absolute atomic E-state index is 11.9. The molecular formula is C19H19N3O2S. The van der Waals surface area contributed by atoms with E-state index in [1.54, 1.807) is 12.3 Å². The van der Waals surface area contributed by atoms with Gasteiger partial charge in [-0.05, 0) is 37.1 Å². The summed E-state index contributed by atoms with van der Waals surface area (Å²) in [4.78, 5) is 29.9. The van der Waals surface area contributed by atoms with Crippen LogP contribution in [0, 0.1) is 6.92 Å². The monoisotopic (exact) mass is 353 g/mol. The van der Waals surface area contributed by atoms with Gasteiger partial charge in [-0.3, -0.25) is 14.6 Å². The molecule has 25 heavy (non-hydrogen) atoms. The molecule has 0 saturated heterocycles. The molecule has 0 spiro atoms.